The van der Waals surface area contributed by atoms with E-state index >= 15 is 0 Å². The zero-order valence-corrected chi connectivity index (χ0v) is 10.1. The van der Waals surface area contributed by atoms with E-state index in [0.29, 0.717) is 5.56 Å². The van der Waals surface area contributed by atoms with E-state index in [1.807, 2.05) is 32.2 Å². The molecule has 1 aromatic heterocycles. The second-order valence-corrected chi connectivity index (χ2v) is 3.89. The van der Waals surface area contributed by atoms with E-state index in [1.165, 1.54) is 7.11 Å². The van der Waals surface area contributed by atoms with Crippen LogP contribution in [-0.4, -0.2) is 22.9 Å². The monoisotopic (exact) mass is 230 g/mol. The Labute approximate surface area is 99.8 Å². The van der Waals surface area contributed by atoms with Crippen LogP contribution in [0.15, 0.2) is 30.5 Å². The lowest BCUT2D eigenvalue weighted by Gasteiger charge is -2.07. The zero-order chi connectivity index (χ0) is 12.4. The van der Waals surface area contributed by atoms with Crippen molar-refractivity contribution in [3.63, 3.8) is 0 Å². The molecule has 0 aliphatic heterocycles. The summed E-state index contributed by atoms with van der Waals surface area (Å²) >= 11 is 0. The number of carbonyl (C=O) groups excluding carboxylic acids is 1. The van der Waals surface area contributed by atoms with Crippen LogP contribution in [0.4, 0.5) is 0 Å². The summed E-state index contributed by atoms with van der Waals surface area (Å²) in [7, 11) is 1.38. The molecule has 2 rings (SSSR count). The molecule has 0 fully saturated rings. The van der Waals surface area contributed by atoms with E-state index in [2.05, 4.69) is 9.84 Å². The van der Waals surface area contributed by atoms with Crippen LogP contribution in [0.3, 0.4) is 0 Å². The first-order chi connectivity index (χ1) is 8.11. The molecular weight excluding hydrogens is 216 g/mol. The number of rotatable bonds is 2. The van der Waals surface area contributed by atoms with Gasteiger partial charge in [-0.2, -0.15) is 5.10 Å². The number of carbonyl (C=O) groups is 1. The van der Waals surface area contributed by atoms with Crippen LogP contribution < -0.4 is 0 Å². The third kappa shape index (κ3) is 2.20. The third-order valence-corrected chi connectivity index (χ3v) is 2.59. The van der Waals surface area contributed by atoms with Gasteiger partial charge in [0.1, 0.15) is 0 Å². The highest BCUT2D eigenvalue weighted by Gasteiger charge is 2.08. The SMILES string of the molecule is COC(=O)c1ccc(-n2ccc(C)n2)c(C)c1. The van der Waals surface area contributed by atoms with Crippen molar-refractivity contribution in [2.45, 2.75) is 13.8 Å². The molecule has 0 amide bonds. The predicted octanol–water partition coefficient (Wildman–Crippen LogP) is 2.28. The molecule has 4 heteroatoms. The van der Waals surface area contributed by atoms with Crippen LogP contribution in [-0.2, 0) is 4.74 Å². The Balaban J connectivity index is 2.41. The molecule has 0 aliphatic carbocycles. The average Bonchev–Trinajstić information content (AvgIpc) is 2.74. The van der Waals surface area contributed by atoms with Gasteiger partial charge in [0, 0.05) is 6.20 Å². The summed E-state index contributed by atoms with van der Waals surface area (Å²) in [6.45, 7) is 3.88. The number of methoxy groups -OCH3 is 1. The molecule has 0 spiro atoms. The highest BCUT2D eigenvalue weighted by molar-refractivity contribution is 5.89. The number of benzene rings is 1. The average molecular weight is 230 g/mol. The van der Waals surface area contributed by atoms with E-state index in [1.54, 1.807) is 16.8 Å². The van der Waals surface area contributed by atoms with Gasteiger partial charge in [-0.3, -0.25) is 0 Å². The van der Waals surface area contributed by atoms with E-state index in [9.17, 15) is 4.79 Å². The molecule has 0 N–H and O–H groups in total. The maximum atomic E-state index is 11.4. The van der Waals surface area contributed by atoms with Crippen LogP contribution in [0, 0.1) is 13.8 Å². The van der Waals surface area contributed by atoms with Gasteiger partial charge in [-0.05, 0) is 43.7 Å². The molecule has 0 aliphatic rings. The fourth-order valence-corrected chi connectivity index (χ4v) is 1.71. The number of hydrogen-bond donors (Lipinski definition) is 0. The number of aryl methyl sites for hydroxylation is 2. The van der Waals surface area contributed by atoms with Gasteiger partial charge in [0.05, 0.1) is 24.1 Å². The predicted molar refractivity (Wildman–Crippen MR) is 64.4 cm³/mol. The minimum Gasteiger partial charge on any atom is -0.465 e. The Morgan fingerprint density at radius 2 is 2.06 bits per heavy atom. The Bertz CT molecular complexity index is 558. The fraction of sp³-hybridized carbons (Fsp3) is 0.231. The van der Waals surface area contributed by atoms with Crippen molar-refractivity contribution in [2.75, 3.05) is 7.11 Å². The van der Waals surface area contributed by atoms with Crippen molar-refractivity contribution < 1.29 is 9.53 Å². The van der Waals surface area contributed by atoms with Gasteiger partial charge >= 0.3 is 5.97 Å². The summed E-state index contributed by atoms with van der Waals surface area (Å²) < 4.78 is 6.48. The van der Waals surface area contributed by atoms with Crippen LogP contribution in [0.2, 0.25) is 0 Å². The summed E-state index contributed by atoms with van der Waals surface area (Å²) in [6.07, 6.45) is 1.90. The van der Waals surface area contributed by atoms with Gasteiger partial charge in [-0.15, -0.1) is 0 Å². The minimum absolute atomic E-state index is 0.323. The first-order valence-corrected chi connectivity index (χ1v) is 5.33. The molecule has 0 radical (unpaired) electrons. The summed E-state index contributed by atoms with van der Waals surface area (Å²) in [5, 5.41) is 4.34. The topological polar surface area (TPSA) is 44.1 Å². The number of hydrogen-bond acceptors (Lipinski definition) is 3. The highest BCUT2D eigenvalue weighted by atomic mass is 16.5. The highest BCUT2D eigenvalue weighted by Crippen LogP contribution is 2.16. The van der Waals surface area contributed by atoms with Crippen molar-refractivity contribution >= 4 is 5.97 Å². The Kier molecular flexibility index (Phi) is 2.95. The zero-order valence-electron chi connectivity index (χ0n) is 10.1. The van der Waals surface area contributed by atoms with Crippen molar-refractivity contribution in [3.8, 4) is 5.69 Å². The summed E-state index contributed by atoms with van der Waals surface area (Å²) in [5.74, 6) is -0.323. The Morgan fingerprint density at radius 1 is 1.29 bits per heavy atom. The van der Waals surface area contributed by atoms with Gasteiger partial charge in [-0.25, -0.2) is 9.48 Å². The van der Waals surface area contributed by atoms with Crippen LogP contribution in [0.1, 0.15) is 21.6 Å². The molecule has 0 atom stereocenters. The van der Waals surface area contributed by atoms with Gasteiger partial charge in [0.2, 0.25) is 0 Å². The molecule has 0 saturated carbocycles. The molecular formula is C13H14N2O2. The first kappa shape index (κ1) is 11.4. The number of ether oxygens (including phenoxy) is 1. The maximum absolute atomic E-state index is 11.4. The van der Waals surface area contributed by atoms with E-state index < -0.39 is 0 Å². The number of aromatic nitrogens is 2. The Morgan fingerprint density at radius 3 is 2.59 bits per heavy atom. The lowest BCUT2D eigenvalue weighted by atomic mass is 10.1. The van der Waals surface area contributed by atoms with E-state index in [-0.39, 0.29) is 5.97 Å². The largest absolute Gasteiger partial charge is 0.465 e. The van der Waals surface area contributed by atoms with E-state index in [0.717, 1.165) is 16.9 Å². The molecule has 4 nitrogen and oxygen atoms in total. The molecule has 1 heterocycles. The lowest BCUT2D eigenvalue weighted by molar-refractivity contribution is 0.0600. The molecule has 2 aromatic rings. The molecule has 88 valence electrons. The maximum Gasteiger partial charge on any atom is 0.337 e. The van der Waals surface area contributed by atoms with Crippen LogP contribution >= 0.6 is 0 Å². The van der Waals surface area contributed by atoms with Crippen molar-refractivity contribution in [3.05, 3.63) is 47.3 Å². The third-order valence-electron chi connectivity index (χ3n) is 2.59. The van der Waals surface area contributed by atoms with Gasteiger partial charge in [0.15, 0.2) is 0 Å². The lowest BCUT2D eigenvalue weighted by Crippen LogP contribution is -2.04. The smallest absolute Gasteiger partial charge is 0.337 e. The summed E-state index contributed by atoms with van der Waals surface area (Å²) in [4.78, 5) is 11.4. The fourth-order valence-electron chi connectivity index (χ4n) is 1.71. The van der Waals surface area contributed by atoms with Crippen LogP contribution in [0.25, 0.3) is 5.69 Å². The number of esters is 1. The second kappa shape index (κ2) is 4.41. The van der Waals surface area contributed by atoms with Crippen LogP contribution in [0.5, 0.6) is 0 Å². The molecule has 0 unspecified atom stereocenters. The molecule has 0 saturated heterocycles. The van der Waals surface area contributed by atoms with Gasteiger partial charge < -0.3 is 4.74 Å². The number of nitrogens with zero attached hydrogens (tertiary/aromatic N) is 2. The standard InChI is InChI=1S/C13H14N2O2/c1-9-8-11(13(16)17-3)4-5-12(9)15-7-6-10(2)14-15/h4-8H,1-3H3. The summed E-state index contributed by atoms with van der Waals surface area (Å²) in [5.41, 5.74) is 3.46. The Hall–Kier alpha value is -2.10. The van der Waals surface area contributed by atoms with Crippen molar-refractivity contribution in [1.29, 1.82) is 0 Å². The minimum atomic E-state index is -0.323. The first-order valence-electron chi connectivity index (χ1n) is 5.33. The molecule has 0 bridgehead atoms. The quantitative estimate of drug-likeness (QED) is 0.743. The van der Waals surface area contributed by atoms with Gasteiger partial charge in [0.25, 0.3) is 0 Å². The van der Waals surface area contributed by atoms with Crippen molar-refractivity contribution in [2.24, 2.45) is 0 Å². The van der Waals surface area contributed by atoms with Crippen molar-refractivity contribution in [1.82, 2.24) is 9.78 Å². The second-order valence-electron chi connectivity index (χ2n) is 3.89. The summed E-state index contributed by atoms with van der Waals surface area (Å²) in [6, 6.07) is 7.35. The molecule has 1 aromatic carbocycles. The van der Waals surface area contributed by atoms with Gasteiger partial charge in [-0.1, -0.05) is 0 Å². The normalized spacial score (nSPS) is 10.3. The molecule has 17 heavy (non-hydrogen) atoms. The van der Waals surface area contributed by atoms with E-state index in [4.69, 9.17) is 0 Å².